The van der Waals surface area contributed by atoms with Crippen molar-refractivity contribution in [2.24, 2.45) is 0 Å². The molecule has 17 heavy (non-hydrogen) atoms. The minimum Gasteiger partial charge on any atom is -0.397 e. The van der Waals surface area contributed by atoms with Crippen LogP contribution in [0.4, 0.5) is 0 Å². The van der Waals surface area contributed by atoms with Crippen LogP contribution < -0.4 is 0 Å². The van der Waals surface area contributed by atoms with Gasteiger partial charge in [-0.25, -0.2) is 0 Å². The Hall–Kier alpha value is -0.643. The highest BCUT2D eigenvalue weighted by Gasteiger charge is 2.09. The summed E-state index contributed by atoms with van der Waals surface area (Å²) in [5.74, 6) is 0. The third-order valence-electron chi connectivity index (χ3n) is 2.60. The molecular formula is C14H24O2Si. The van der Waals surface area contributed by atoms with E-state index in [1.807, 2.05) is 0 Å². The maximum Gasteiger partial charge on any atom is 0.321 e. The van der Waals surface area contributed by atoms with Crippen molar-refractivity contribution in [3.8, 4) is 0 Å². The van der Waals surface area contributed by atoms with Crippen molar-refractivity contribution in [2.75, 3.05) is 13.2 Å². The summed E-state index contributed by atoms with van der Waals surface area (Å²) in [7, 11) is -1.36. The summed E-state index contributed by atoms with van der Waals surface area (Å²) in [5, 5.41) is 0. The second-order valence-electron chi connectivity index (χ2n) is 4.17. The Morgan fingerprint density at radius 2 is 1.71 bits per heavy atom. The molecule has 0 fully saturated rings. The molecule has 0 amide bonds. The molecule has 0 radical (unpaired) electrons. The second kappa shape index (κ2) is 9.39. The summed E-state index contributed by atoms with van der Waals surface area (Å²) >= 11 is 0. The first kappa shape index (κ1) is 14.4. The minimum absolute atomic E-state index is 0.837. The van der Waals surface area contributed by atoms with Gasteiger partial charge in [0.05, 0.1) is 0 Å². The lowest BCUT2D eigenvalue weighted by Gasteiger charge is -2.14. The standard InChI is InChI=1S/C14H24O2Si/c1-3-12-15-17(4-2)16-13-8-11-14-9-6-5-7-10-14/h5-7,9-10,17H,3-4,8,11-13H2,1-2H3. The molecule has 0 aliphatic heterocycles. The average Bonchev–Trinajstić information content (AvgIpc) is 2.39. The summed E-state index contributed by atoms with van der Waals surface area (Å²) in [6.07, 6.45) is 3.26. The van der Waals surface area contributed by atoms with E-state index < -0.39 is 9.28 Å². The van der Waals surface area contributed by atoms with Crippen LogP contribution in [0, 0.1) is 0 Å². The van der Waals surface area contributed by atoms with Gasteiger partial charge in [-0.05, 0) is 30.9 Å². The third kappa shape index (κ3) is 6.61. The summed E-state index contributed by atoms with van der Waals surface area (Å²) in [6.45, 7) is 5.98. The molecule has 1 unspecified atom stereocenters. The molecule has 0 N–H and O–H groups in total. The molecule has 0 saturated heterocycles. The van der Waals surface area contributed by atoms with Gasteiger partial charge in [0.25, 0.3) is 0 Å². The zero-order valence-corrected chi connectivity index (χ0v) is 12.2. The fraction of sp³-hybridized carbons (Fsp3) is 0.571. The van der Waals surface area contributed by atoms with Crippen molar-refractivity contribution < 1.29 is 8.85 Å². The molecule has 96 valence electrons. The lowest BCUT2D eigenvalue weighted by Crippen LogP contribution is -2.23. The molecule has 0 aliphatic carbocycles. The Morgan fingerprint density at radius 3 is 2.35 bits per heavy atom. The van der Waals surface area contributed by atoms with Crippen molar-refractivity contribution in [1.82, 2.24) is 0 Å². The van der Waals surface area contributed by atoms with Gasteiger partial charge in [-0.2, -0.15) is 0 Å². The van der Waals surface area contributed by atoms with Crippen molar-refractivity contribution in [2.45, 2.75) is 39.2 Å². The highest BCUT2D eigenvalue weighted by molar-refractivity contribution is 6.44. The van der Waals surface area contributed by atoms with Gasteiger partial charge in [0.2, 0.25) is 0 Å². The highest BCUT2D eigenvalue weighted by Crippen LogP contribution is 2.04. The van der Waals surface area contributed by atoms with Crippen LogP contribution in [0.5, 0.6) is 0 Å². The third-order valence-corrected chi connectivity index (χ3v) is 4.48. The van der Waals surface area contributed by atoms with Gasteiger partial charge in [-0.1, -0.05) is 44.2 Å². The van der Waals surface area contributed by atoms with Crippen molar-refractivity contribution in [3.63, 3.8) is 0 Å². The van der Waals surface area contributed by atoms with Crippen molar-refractivity contribution in [3.05, 3.63) is 35.9 Å². The molecule has 0 saturated carbocycles. The normalized spacial score (nSPS) is 12.6. The Balaban J connectivity index is 2.10. The Morgan fingerprint density at radius 1 is 1.00 bits per heavy atom. The van der Waals surface area contributed by atoms with Crippen LogP contribution in [0.15, 0.2) is 30.3 Å². The van der Waals surface area contributed by atoms with E-state index in [1.54, 1.807) is 0 Å². The summed E-state index contributed by atoms with van der Waals surface area (Å²) in [5.41, 5.74) is 1.39. The molecule has 0 bridgehead atoms. The predicted molar refractivity (Wildman–Crippen MR) is 74.6 cm³/mol. The van der Waals surface area contributed by atoms with E-state index in [0.29, 0.717) is 0 Å². The molecule has 1 aromatic rings. The maximum atomic E-state index is 5.83. The van der Waals surface area contributed by atoms with E-state index in [9.17, 15) is 0 Å². The molecule has 0 aromatic heterocycles. The lowest BCUT2D eigenvalue weighted by atomic mass is 10.1. The maximum absolute atomic E-state index is 5.83. The van der Waals surface area contributed by atoms with Gasteiger partial charge < -0.3 is 8.85 Å². The van der Waals surface area contributed by atoms with E-state index in [4.69, 9.17) is 8.85 Å². The smallest absolute Gasteiger partial charge is 0.321 e. The van der Waals surface area contributed by atoms with Crippen LogP contribution in [0.1, 0.15) is 32.3 Å². The number of aryl methyl sites for hydroxylation is 1. The number of benzene rings is 1. The van der Waals surface area contributed by atoms with Gasteiger partial charge in [0.1, 0.15) is 0 Å². The molecule has 1 rings (SSSR count). The first-order valence-electron chi connectivity index (χ1n) is 6.64. The first-order valence-corrected chi connectivity index (χ1v) is 8.39. The van der Waals surface area contributed by atoms with Crippen LogP contribution in [-0.2, 0) is 15.3 Å². The molecular weight excluding hydrogens is 228 g/mol. The molecule has 0 heterocycles. The average molecular weight is 252 g/mol. The Labute approximate surface area is 107 Å². The fourth-order valence-corrected chi connectivity index (χ4v) is 3.16. The molecule has 2 nitrogen and oxygen atoms in total. The van der Waals surface area contributed by atoms with Gasteiger partial charge in [-0.15, -0.1) is 0 Å². The zero-order valence-electron chi connectivity index (χ0n) is 11.0. The summed E-state index contributed by atoms with van der Waals surface area (Å²) in [4.78, 5) is 0. The van der Waals surface area contributed by atoms with E-state index >= 15 is 0 Å². The largest absolute Gasteiger partial charge is 0.397 e. The highest BCUT2D eigenvalue weighted by atomic mass is 28.3. The molecule has 1 atom stereocenters. The number of hydrogen-bond donors (Lipinski definition) is 0. The van der Waals surface area contributed by atoms with E-state index in [2.05, 4.69) is 44.2 Å². The van der Waals surface area contributed by atoms with Crippen molar-refractivity contribution >= 4 is 9.28 Å². The summed E-state index contributed by atoms with van der Waals surface area (Å²) < 4.78 is 11.5. The van der Waals surface area contributed by atoms with Crippen LogP contribution in [0.3, 0.4) is 0 Å². The molecule has 3 heteroatoms. The minimum atomic E-state index is -1.36. The SMILES string of the molecule is CCCO[SiH](CC)OCCCc1ccccc1. The van der Waals surface area contributed by atoms with Crippen LogP contribution >= 0.6 is 0 Å². The van der Waals surface area contributed by atoms with Gasteiger partial charge in [-0.3, -0.25) is 0 Å². The molecule has 0 aliphatic rings. The van der Waals surface area contributed by atoms with E-state index in [1.165, 1.54) is 5.56 Å². The van der Waals surface area contributed by atoms with Gasteiger partial charge in [0, 0.05) is 13.2 Å². The summed E-state index contributed by atoms with van der Waals surface area (Å²) in [6, 6.07) is 11.6. The van der Waals surface area contributed by atoms with Crippen molar-refractivity contribution in [1.29, 1.82) is 0 Å². The first-order chi connectivity index (χ1) is 8.36. The van der Waals surface area contributed by atoms with Gasteiger partial charge in [0.15, 0.2) is 0 Å². The second-order valence-corrected chi connectivity index (χ2v) is 6.51. The Kier molecular flexibility index (Phi) is 7.97. The number of hydrogen-bond acceptors (Lipinski definition) is 2. The van der Waals surface area contributed by atoms with Crippen LogP contribution in [-0.4, -0.2) is 22.5 Å². The van der Waals surface area contributed by atoms with Gasteiger partial charge >= 0.3 is 9.28 Å². The van der Waals surface area contributed by atoms with E-state index in [-0.39, 0.29) is 0 Å². The van der Waals surface area contributed by atoms with E-state index in [0.717, 1.165) is 38.5 Å². The zero-order chi connectivity index (χ0) is 12.3. The van der Waals surface area contributed by atoms with Crippen LogP contribution in [0.2, 0.25) is 6.04 Å². The topological polar surface area (TPSA) is 18.5 Å². The molecule has 0 spiro atoms. The fourth-order valence-electron chi connectivity index (χ4n) is 1.67. The quantitative estimate of drug-likeness (QED) is 0.496. The predicted octanol–water partition coefficient (Wildman–Crippen LogP) is 3.30. The lowest BCUT2D eigenvalue weighted by molar-refractivity contribution is 0.195. The molecule has 1 aromatic carbocycles. The van der Waals surface area contributed by atoms with Crippen LogP contribution in [0.25, 0.3) is 0 Å². The number of rotatable bonds is 9. The monoisotopic (exact) mass is 252 g/mol. The Bertz CT molecular complexity index is 277.